The maximum Gasteiger partial charge on any atom is 0.342 e. The lowest BCUT2D eigenvalue weighted by molar-refractivity contribution is 0.0533. The number of phenolic OH excluding ortho intramolecular Hbond substituents is 1. The molecule has 0 unspecified atom stereocenters. The molecule has 2 aromatic rings. The van der Waals surface area contributed by atoms with E-state index in [9.17, 15) is 9.90 Å². The molecule has 1 aliphatic heterocycles. The summed E-state index contributed by atoms with van der Waals surface area (Å²) in [5.74, 6) is 0.0525. The molecule has 0 amide bonds. The number of phenols is 1. The summed E-state index contributed by atoms with van der Waals surface area (Å²) in [6.07, 6.45) is 4.26. The molecule has 1 aliphatic rings. The number of benzene rings is 2. The molecule has 120 valence electrons. The van der Waals surface area contributed by atoms with Gasteiger partial charge in [-0.05, 0) is 37.3 Å². The maximum atomic E-state index is 11.4. The van der Waals surface area contributed by atoms with Crippen LogP contribution in [-0.2, 0) is 17.8 Å². The first kappa shape index (κ1) is 15.4. The van der Waals surface area contributed by atoms with E-state index >= 15 is 0 Å². The van der Waals surface area contributed by atoms with Crippen LogP contribution >= 0.6 is 0 Å². The normalized spacial score (nSPS) is 12.8. The molecule has 0 atom stereocenters. The summed E-state index contributed by atoms with van der Waals surface area (Å²) < 4.78 is 10.6. The first-order valence-corrected chi connectivity index (χ1v) is 7.94. The average molecular weight is 312 g/mol. The van der Waals surface area contributed by atoms with Crippen molar-refractivity contribution in [1.82, 2.24) is 0 Å². The van der Waals surface area contributed by atoms with Crippen LogP contribution in [0.3, 0.4) is 0 Å². The molecular weight excluding hydrogens is 292 g/mol. The fourth-order valence-corrected chi connectivity index (χ4v) is 2.75. The highest BCUT2D eigenvalue weighted by molar-refractivity contribution is 5.96. The fraction of sp³-hybridized carbons (Fsp3) is 0.316. The van der Waals surface area contributed by atoms with E-state index in [-0.39, 0.29) is 17.9 Å². The number of cyclic esters (lactones) is 1. The lowest BCUT2D eigenvalue weighted by Crippen LogP contribution is -1.99. The van der Waals surface area contributed by atoms with Crippen molar-refractivity contribution in [2.45, 2.75) is 32.3 Å². The van der Waals surface area contributed by atoms with Gasteiger partial charge < -0.3 is 14.6 Å². The molecule has 0 bridgehead atoms. The van der Waals surface area contributed by atoms with E-state index in [1.165, 1.54) is 11.6 Å². The molecule has 1 heterocycles. The van der Waals surface area contributed by atoms with Gasteiger partial charge in [0.15, 0.2) is 0 Å². The quantitative estimate of drug-likeness (QED) is 0.623. The van der Waals surface area contributed by atoms with Gasteiger partial charge in [0.1, 0.15) is 23.7 Å². The molecule has 1 N–H and O–H groups in total. The zero-order chi connectivity index (χ0) is 16.1. The molecule has 0 radical (unpaired) electrons. The highest BCUT2D eigenvalue weighted by atomic mass is 16.5. The van der Waals surface area contributed by atoms with E-state index in [1.807, 2.05) is 6.07 Å². The minimum atomic E-state index is -0.468. The first-order chi connectivity index (χ1) is 11.2. The lowest BCUT2D eigenvalue weighted by atomic mass is 10.1. The topological polar surface area (TPSA) is 55.8 Å². The van der Waals surface area contributed by atoms with Crippen molar-refractivity contribution in [3.05, 3.63) is 59.2 Å². The fourth-order valence-electron chi connectivity index (χ4n) is 2.75. The van der Waals surface area contributed by atoms with Crippen molar-refractivity contribution >= 4 is 5.97 Å². The third-order valence-electron chi connectivity index (χ3n) is 3.96. The third-order valence-corrected chi connectivity index (χ3v) is 3.96. The minimum Gasteiger partial charge on any atom is -0.507 e. The van der Waals surface area contributed by atoms with Crippen molar-refractivity contribution in [3.63, 3.8) is 0 Å². The Balaban J connectivity index is 1.41. The summed E-state index contributed by atoms with van der Waals surface area (Å²) in [5, 5.41) is 9.87. The molecule has 4 heteroatoms. The molecule has 3 rings (SSSR count). The molecule has 0 aliphatic carbocycles. The van der Waals surface area contributed by atoms with E-state index in [0.29, 0.717) is 17.9 Å². The summed E-state index contributed by atoms with van der Waals surface area (Å²) in [4.78, 5) is 11.4. The molecule has 4 nitrogen and oxygen atoms in total. The van der Waals surface area contributed by atoms with Gasteiger partial charge in [0.05, 0.1) is 6.61 Å². The largest absolute Gasteiger partial charge is 0.507 e. The second-order valence-electron chi connectivity index (χ2n) is 5.70. The van der Waals surface area contributed by atoms with E-state index in [4.69, 9.17) is 9.47 Å². The monoisotopic (exact) mass is 312 g/mol. The highest BCUT2D eigenvalue weighted by Crippen LogP contribution is 2.33. The van der Waals surface area contributed by atoms with Crippen LogP contribution < -0.4 is 4.74 Å². The molecule has 0 spiro atoms. The van der Waals surface area contributed by atoms with Crippen LogP contribution in [0.15, 0.2) is 42.5 Å². The van der Waals surface area contributed by atoms with E-state index in [0.717, 1.165) is 25.7 Å². The molecule has 0 fully saturated rings. The number of fused-ring (bicyclic) bond motifs is 1. The van der Waals surface area contributed by atoms with Crippen LogP contribution in [-0.4, -0.2) is 17.7 Å². The maximum absolute atomic E-state index is 11.4. The first-order valence-electron chi connectivity index (χ1n) is 7.94. The van der Waals surface area contributed by atoms with Crippen molar-refractivity contribution in [3.8, 4) is 11.5 Å². The zero-order valence-electron chi connectivity index (χ0n) is 13.0. The summed E-state index contributed by atoms with van der Waals surface area (Å²) in [6, 6.07) is 13.7. The summed E-state index contributed by atoms with van der Waals surface area (Å²) >= 11 is 0. The SMILES string of the molecule is O=C1OCc2cc(OCCCCCc3ccccc3)cc(O)c21. The van der Waals surface area contributed by atoms with Gasteiger partial charge in [-0.15, -0.1) is 0 Å². The van der Waals surface area contributed by atoms with Crippen LogP contribution in [0.2, 0.25) is 0 Å². The van der Waals surface area contributed by atoms with E-state index < -0.39 is 5.97 Å². The van der Waals surface area contributed by atoms with Crippen LogP contribution in [0.4, 0.5) is 0 Å². The predicted molar refractivity (Wildman–Crippen MR) is 86.7 cm³/mol. The van der Waals surface area contributed by atoms with Crippen molar-refractivity contribution in [2.24, 2.45) is 0 Å². The van der Waals surface area contributed by atoms with Crippen LogP contribution in [0.1, 0.15) is 40.7 Å². The number of unbranched alkanes of at least 4 members (excludes halogenated alkanes) is 2. The number of hydrogen-bond acceptors (Lipinski definition) is 4. The predicted octanol–water partition coefficient (Wildman–Crippen LogP) is 3.85. The Kier molecular flexibility index (Phi) is 4.81. The van der Waals surface area contributed by atoms with Crippen LogP contribution in [0, 0.1) is 0 Å². The average Bonchev–Trinajstić information content (AvgIpc) is 2.93. The second-order valence-corrected chi connectivity index (χ2v) is 5.70. The van der Waals surface area contributed by atoms with E-state index in [2.05, 4.69) is 24.3 Å². The van der Waals surface area contributed by atoms with Gasteiger partial charge in [-0.25, -0.2) is 4.79 Å². The van der Waals surface area contributed by atoms with Gasteiger partial charge >= 0.3 is 5.97 Å². The number of carbonyl (C=O) groups excluding carboxylic acids is 1. The second kappa shape index (κ2) is 7.18. The molecular formula is C19H20O4. The Bertz CT molecular complexity index is 679. The van der Waals surface area contributed by atoms with Crippen molar-refractivity contribution in [2.75, 3.05) is 6.61 Å². The molecule has 0 saturated heterocycles. The number of aromatic hydroxyl groups is 1. The lowest BCUT2D eigenvalue weighted by Gasteiger charge is -2.08. The van der Waals surface area contributed by atoms with Gasteiger partial charge in [-0.3, -0.25) is 0 Å². The van der Waals surface area contributed by atoms with Crippen molar-refractivity contribution in [1.29, 1.82) is 0 Å². The molecule has 0 saturated carbocycles. The van der Waals surface area contributed by atoms with Gasteiger partial charge in [0.25, 0.3) is 0 Å². The standard InChI is InChI=1S/C19H20O4/c20-17-12-16(11-15-13-23-19(21)18(15)17)22-10-6-2-5-9-14-7-3-1-4-8-14/h1,3-4,7-8,11-12,20H,2,5-6,9-10,13H2. The Morgan fingerprint density at radius 1 is 1.09 bits per heavy atom. The third kappa shape index (κ3) is 3.83. The number of rotatable bonds is 7. The zero-order valence-corrected chi connectivity index (χ0v) is 13.0. The Hall–Kier alpha value is -2.49. The number of aryl methyl sites for hydroxylation is 1. The highest BCUT2D eigenvalue weighted by Gasteiger charge is 2.25. The molecule has 0 aromatic heterocycles. The number of ether oxygens (including phenoxy) is 2. The Morgan fingerprint density at radius 3 is 2.74 bits per heavy atom. The van der Waals surface area contributed by atoms with Gasteiger partial charge in [-0.1, -0.05) is 30.3 Å². The molecule has 23 heavy (non-hydrogen) atoms. The summed E-state index contributed by atoms with van der Waals surface area (Å²) in [7, 11) is 0. The Labute approximate surface area is 135 Å². The summed E-state index contributed by atoms with van der Waals surface area (Å²) in [6.45, 7) is 0.803. The van der Waals surface area contributed by atoms with Crippen LogP contribution in [0.25, 0.3) is 0 Å². The van der Waals surface area contributed by atoms with Crippen LogP contribution in [0.5, 0.6) is 11.5 Å². The molecule has 2 aromatic carbocycles. The van der Waals surface area contributed by atoms with Crippen molar-refractivity contribution < 1.29 is 19.4 Å². The van der Waals surface area contributed by atoms with Gasteiger partial charge in [0, 0.05) is 11.6 Å². The van der Waals surface area contributed by atoms with Gasteiger partial charge in [0.2, 0.25) is 0 Å². The minimum absolute atomic E-state index is 0.0657. The smallest absolute Gasteiger partial charge is 0.342 e. The van der Waals surface area contributed by atoms with E-state index in [1.54, 1.807) is 6.07 Å². The number of hydrogen-bond donors (Lipinski definition) is 1. The number of carbonyl (C=O) groups is 1. The Morgan fingerprint density at radius 2 is 1.91 bits per heavy atom. The number of esters is 1. The van der Waals surface area contributed by atoms with Gasteiger partial charge in [-0.2, -0.15) is 0 Å². The summed E-state index contributed by atoms with van der Waals surface area (Å²) in [5.41, 5.74) is 2.32.